The molecule has 7 nitrogen and oxygen atoms in total. The van der Waals surface area contributed by atoms with E-state index in [-0.39, 0.29) is 5.91 Å². The van der Waals surface area contributed by atoms with Gasteiger partial charge in [0.25, 0.3) is 5.91 Å². The number of hydrazone groups is 1. The zero-order valence-corrected chi connectivity index (χ0v) is 16.8. The van der Waals surface area contributed by atoms with Crippen molar-refractivity contribution in [3.05, 3.63) is 88.1 Å². The molecular formula is C21H19ClN6O. The Kier molecular flexibility index (Phi) is 5.14. The van der Waals surface area contributed by atoms with E-state index in [4.69, 9.17) is 11.6 Å². The average molecular weight is 407 g/mol. The molecule has 0 aliphatic carbocycles. The Balaban J connectivity index is 1.52. The normalized spacial score (nSPS) is 11.4. The minimum atomic E-state index is -0.345. The number of aromatic nitrogens is 4. The SMILES string of the molecule is Cc1nn(Cc2ccccc2)c(Cl)c1/C=N\NC(=O)c1c(C)nc2ccccn12. The number of imidazole rings is 1. The maximum atomic E-state index is 12.6. The van der Waals surface area contributed by atoms with Gasteiger partial charge in [-0.3, -0.25) is 9.20 Å². The number of carbonyl (C=O) groups excluding carboxylic acids is 1. The van der Waals surface area contributed by atoms with Crippen LogP contribution in [0.3, 0.4) is 0 Å². The van der Waals surface area contributed by atoms with E-state index in [2.05, 4.69) is 20.6 Å². The number of nitrogens with zero attached hydrogens (tertiary/aromatic N) is 5. The summed E-state index contributed by atoms with van der Waals surface area (Å²) in [5, 5.41) is 9.03. The lowest BCUT2D eigenvalue weighted by atomic mass is 10.2. The van der Waals surface area contributed by atoms with Gasteiger partial charge in [0.1, 0.15) is 16.5 Å². The molecule has 0 aliphatic heterocycles. The van der Waals surface area contributed by atoms with Gasteiger partial charge in [-0.25, -0.2) is 15.1 Å². The second-order valence-electron chi connectivity index (χ2n) is 6.61. The van der Waals surface area contributed by atoms with Crippen LogP contribution in [0.25, 0.3) is 5.65 Å². The topological polar surface area (TPSA) is 76.6 Å². The third-order valence-corrected chi connectivity index (χ3v) is 4.96. The largest absolute Gasteiger partial charge is 0.295 e. The van der Waals surface area contributed by atoms with Crippen LogP contribution in [0.1, 0.15) is 33.0 Å². The molecule has 0 saturated heterocycles. The summed E-state index contributed by atoms with van der Waals surface area (Å²) in [6, 6.07) is 15.5. The Hall–Kier alpha value is -3.45. The highest BCUT2D eigenvalue weighted by Gasteiger charge is 2.16. The lowest BCUT2D eigenvalue weighted by Crippen LogP contribution is -2.20. The zero-order valence-electron chi connectivity index (χ0n) is 16.0. The van der Waals surface area contributed by atoms with Crippen LogP contribution in [0.4, 0.5) is 0 Å². The van der Waals surface area contributed by atoms with E-state index in [1.807, 2.05) is 55.5 Å². The summed E-state index contributed by atoms with van der Waals surface area (Å²) in [6.45, 7) is 4.20. The van der Waals surface area contributed by atoms with E-state index in [9.17, 15) is 4.79 Å². The van der Waals surface area contributed by atoms with Crippen LogP contribution in [0.2, 0.25) is 5.15 Å². The van der Waals surface area contributed by atoms with Crippen LogP contribution < -0.4 is 5.43 Å². The number of carbonyl (C=O) groups is 1. The summed E-state index contributed by atoms with van der Waals surface area (Å²) >= 11 is 6.48. The summed E-state index contributed by atoms with van der Waals surface area (Å²) in [7, 11) is 0. The number of aryl methyl sites for hydroxylation is 2. The second kappa shape index (κ2) is 7.89. The molecule has 8 heteroatoms. The van der Waals surface area contributed by atoms with Gasteiger partial charge in [-0.2, -0.15) is 10.2 Å². The van der Waals surface area contributed by atoms with Gasteiger partial charge >= 0.3 is 0 Å². The highest BCUT2D eigenvalue weighted by molar-refractivity contribution is 6.32. The van der Waals surface area contributed by atoms with Crippen LogP contribution >= 0.6 is 11.6 Å². The molecule has 3 aromatic heterocycles. The Morgan fingerprint density at radius 1 is 1.14 bits per heavy atom. The molecule has 4 aromatic rings. The number of halogens is 1. The van der Waals surface area contributed by atoms with Crippen LogP contribution in [0, 0.1) is 13.8 Å². The van der Waals surface area contributed by atoms with Crippen molar-refractivity contribution in [3.8, 4) is 0 Å². The molecule has 0 atom stereocenters. The maximum absolute atomic E-state index is 12.6. The van der Waals surface area contributed by atoms with Crippen LogP contribution in [-0.4, -0.2) is 31.3 Å². The van der Waals surface area contributed by atoms with Gasteiger partial charge in [-0.05, 0) is 31.5 Å². The Morgan fingerprint density at radius 3 is 2.69 bits per heavy atom. The van der Waals surface area contributed by atoms with Crippen molar-refractivity contribution in [1.29, 1.82) is 0 Å². The third kappa shape index (κ3) is 3.77. The molecule has 0 fully saturated rings. The zero-order chi connectivity index (χ0) is 20.4. The fraction of sp³-hybridized carbons (Fsp3) is 0.143. The number of pyridine rings is 1. The lowest BCUT2D eigenvalue weighted by molar-refractivity contribution is 0.0948. The summed E-state index contributed by atoms with van der Waals surface area (Å²) in [4.78, 5) is 17.0. The fourth-order valence-corrected chi connectivity index (χ4v) is 3.45. The number of rotatable bonds is 5. The van der Waals surface area contributed by atoms with E-state index in [1.54, 1.807) is 22.2 Å². The van der Waals surface area contributed by atoms with Crippen molar-refractivity contribution in [3.63, 3.8) is 0 Å². The first-order valence-corrected chi connectivity index (χ1v) is 9.46. The van der Waals surface area contributed by atoms with Gasteiger partial charge in [0.2, 0.25) is 0 Å². The monoisotopic (exact) mass is 406 g/mol. The summed E-state index contributed by atoms with van der Waals surface area (Å²) in [5.41, 5.74) is 6.83. The first-order valence-electron chi connectivity index (χ1n) is 9.08. The van der Waals surface area contributed by atoms with Crippen molar-refractivity contribution in [2.45, 2.75) is 20.4 Å². The predicted octanol–water partition coefficient (Wildman–Crippen LogP) is 3.61. The van der Waals surface area contributed by atoms with Gasteiger partial charge in [0, 0.05) is 6.20 Å². The van der Waals surface area contributed by atoms with E-state index >= 15 is 0 Å². The Morgan fingerprint density at radius 2 is 1.90 bits per heavy atom. The van der Waals surface area contributed by atoms with Crippen LogP contribution in [0.15, 0.2) is 59.8 Å². The first-order chi connectivity index (χ1) is 14.0. The highest BCUT2D eigenvalue weighted by Crippen LogP contribution is 2.19. The van der Waals surface area contributed by atoms with Crippen LogP contribution in [-0.2, 0) is 6.54 Å². The van der Waals surface area contributed by atoms with Crippen LogP contribution in [0.5, 0.6) is 0 Å². The minimum Gasteiger partial charge on any atom is -0.295 e. The first kappa shape index (κ1) is 18.9. The van der Waals surface area contributed by atoms with Crippen molar-refractivity contribution >= 4 is 29.4 Å². The standard InChI is InChI=1S/C21H19ClN6O/c1-14-17(20(22)28(26-14)13-16-8-4-3-5-9-16)12-23-25-21(29)19-15(2)24-18-10-6-7-11-27(18)19/h3-12H,13H2,1-2H3,(H,25,29)/b23-12-. The predicted molar refractivity (Wildman–Crippen MR) is 113 cm³/mol. The van der Waals surface area contributed by atoms with E-state index in [1.165, 1.54) is 6.21 Å². The van der Waals surface area contributed by atoms with Gasteiger partial charge in [-0.15, -0.1) is 0 Å². The number of benzene rings is 1. The molecule has 0 aliphatic rings. The second-order valence-corrected chi connectivity index (χ2v) is 6.96. The van der Waals surface area contributed by atoms with Gasteiger partial charge in [-0.1, -0.05) is 48.0 Å². The Bertz CT molecular complexity index is 1210. The highest BCUT2D eigenvalue weighted by atomic mass is 35.5. The molecule has 0 radical (unpaired) electrons. The quantitative estimate of drug-likeness (QED) is 0.406. The van der Waals surface area contributed by atoms with E-state index in [0.717, 1.165) is 11.3 Å². The van der Waals surface area contributed by atoms with E-state index in [0.29, 0.717) is 34.3 Å². The lowest BCUT2D eigenvalue weighted by Gasteiger charge is -2.03. The van der Waals surface area contributed by atoms with Gasteiger partial charge in [0.15, 0.2) is 0 Å². The molecular weight excluding hydrogens is 388 g/mol. The van der Waals surface area contributed by atoms with Crippen molar-refractivity contribution < 1.29 is 4.79 Å². The molecule has 0 unspecified atom stereocenters. The van der Waals surface area contributed by atoms with Gasteiger partial charge < -0.3 is 0 Å². The fourth-order valence-electron chi connectivity index (χ4n) is 3.17. The summed E-state index contributed by atoms with van der Waals surface area (Å²) < 4.78 is 3.44. The van der Waals surface area contributed by atoms with E-state index < -0.39 is 0 Å². The minimum absolute atomic E-state index is 0.345. The van der Waals surface area contributed by atoms with Crippen molar-refractivity contribution in [2.75, 3.05) is 0 Å². The number of fused-ring (bicyclic) bond motifs is 1. The number of nitrogens with one attached hydrogen (secondary N) is 1. The van der Waals surface area contributed by atoms with Crippen molar-refractivity contribution in [2.24, 2.45) is 5.10 Å². The number of hydrogen-bond donors (Lipinski definition) is 1. The summed E-state index contributed by atoms with van der Waals surface area (Å²) in [6.07, 6.45) is 3.31. The summed E-state index contributed by atoms with van der Waals surface area (Å²) in [5.74, 6) is -0.345. The molecule has 1 aromatic carbocycles. The third-order valence-electron chi connectivity index (χ3n) is 4.56. The molecule has 0 bridgehead atoms. The molecule has 3 heterocycles. The molecule has 0 spiro atoms. The van der Waals surface area contributed by atoms with Crippen molar-refractivity contribution in [1.82, 2.24) is 24.6 Å². The Labute approximate surface area is 172 Å². The molecule has 29 heavy (non-hydrogen) atoms. The molecule has 146 valence electrons. The number of hydrogen-bond acceptors (Lipinski definition) is 4. The molecule has 4 rings (SSSR count). The smallest absolute Gasteiger partial charge is 0.290 e. The molecule has 1 N–H and O–H groups in total. The number of amides is 1. The average Bonchev–Trinajstić information content (AvgIpc) is 3.19. The molecule has 0 saturated carbocycles. The maximum Gasteiger partial charge on any atom is 0.290 e. The molecule has 1 amide bonds. The van der Waals surface area contributed by atoms with Gasteiger partial charge in [0.05, 0.1) is 29.7 Å².